The second-order valence-electron chi connectivity index (χ2n) is 5.81. The fourth-order valence-corrected chi connectivity index (χ4v) is 2.54. The van der Waals surface area contributed by atoms with Gasteiger partial charge in [0, 0.05) is 24.6 Å². The number of hydrogen-bond acceptors (Lipinski definition) is 7. The van der Waals surface area contributed by atoms with Crippen LogP contribution < -0.4 is 25.6 Å². The number of ether oxygens (including phenoxy) is 2. The van der Waals surface area contributed by atoms with Crippen molar-refractivity contribution < 1.29 is 24.0 Å². The molecule has 0 aromatic heterocycles. The van der Waals surface area contributed by atoms with Crippen LogP contribution in [-0.4, -0.2) is 36.5 Å². The van der Waals surface area contributed by atoms with E-state index in [9.17, 15) is 19.7 Å². The maximum Gasteiger partial charge on any atom is 0.292 e. The monoisotopic (exact) mass is 386 g/mol. The number of nitro benzene ring substituents is 1. The van der Waals surface area contributed by atoms with Crippen molar-refractivity contribution in [3.63, 3.8) is 0 Å². The number of hydrogen-bond donors (Lipinski definition) is 3. The van der Waals surface area contributed by atoms with Gasteiger partial charge in [-0.2, -0.15) is 0 Å². The number of anilines is 1. The lowest BCUT2D eigenvalue weighted by Gasteiger charge is -2.18. The van der Waals surface area contributed by atoms with Crippen LogP contribution in [0.25, 0.3) is 0 Å². The van der Waals surface area contributed by atoms with E-state index in [4.69, 9.17) is 9.47 Å². The van der Waals surface area contributed by atoms with Gasteiger partial charge in [0.15, 0.2) is 11.5 Å². The number of rotatable bonds is 6. The Morgan fingerprint density at radius 1 is 1.04 bits per heavy atom. The number of fused-ring (bicyclic) bond motifs is 1. The molecule has 28 heavy (non-hydrogen) atoms. The maximum absolute atomic E-state index is 12.1. The van der Waals surface area contributed by atoms with Gasteiger partial charge in [-0.05, 0) is 24.3 Å². The highest BCUT2D eigenvalue weighted by Crippen LogP contribution is 2.30. The predicted molar refractivity (Wildman–Crippen MR) is 99.2 cm³/mol. The third kappa shape index (κ3) is 4.67. The predicted octanol–water partition coefficient (Wildman–Crippen LogP) is 1.63. The van der Waals surface area contributed by atoms with Crippen LogP contribution in [0, 0.1) is 10.1 Å². The Hall–Kier alpha value is -3.82. The summed E-state index contributed by atoms with van der Waals surface area (Å²) in [5.74, 6) is 0.0840. The molecule has 1 heterocycles. The van der Waals surface area contributed by atoms with Crippen LogP contribution in [0.2, 0.25) is 0 Å². The lowest BCUT2D eigenvalue weighted by atomic mass is 10.2. The number of nitrogens with zero attached hydrogens (tertiary/aromatic N) is 1. The zero-order valence-corrected chi connectivity index (χ0v) is 14.8. The molecule has 0 bridgehead atoms. The zero-order chi connectivity index (χ0) is 19.9. The fraction of sp³-hybridized carbons (Fsp3) is 0.222. The topological polar surface area (TPSA) is 132 Å². The van der Waals surface area contributed by atoms with Crippen molar-refractivity contribution in [2.24, 2.45) is 0 Å². The summed E-state index contributed by atoms with van der Waals surface area (Å²) in [6, 6.07) is 10.9. The van der Waals surface area contributed by atoms with E-state index in [2.05, 4.69) is 16.2 Å². The van der Waals surface area contributed by atoms with Gasteiger partial charge >= 0.3 is 0 Å². The summed E-state index contributed by atoms with van der Waals surface area (Å²) in [7, 11) is 0. The van der Waals surface area contributed by atoms with Crippen LogP contribution in [0.3, 0.4) is 0 Å². The van der Waals surface area contributed by atoms with Crippen LogP contribution in [0.5, 0.6) is 11.5 Å². The Balaban J connectivity index is 1.46. The van der Waals surface area contributed by atoms with Gasteiger partial charge in [-0.1, -0.05) is 12.1 Å². The van der Waals surface area contributed by atoms with E-state index in [-0.39, 0.29) is 18.7 Å². The van der Waals surface area contributed by atoms with Gasteiger partial charge in [0.2, 0.25) is 5.91 Å². The molecule has 146 valence electrons. The Bertz CT molecular complexity index is 901. The lowest BCUT2D eigenvalue weighted by Crippen LogP contribution is -2.42. The normalized spacial score (nSPS) is 12.0. The molecule has 0 fully saturated rings. The van der Waals surface area contributed by atoms with E-state index in [0.717, 1.165) is 0 Å². The summed E-state index contributed by atoms with van der Waals surface area (Å²) in [4.78, 5) is 34.5. The Morgan fingerprint density at radius 3 is 2.57 bits per heavy atom. The summed E-state index contributed by atoms with van der Waals surface area (Å²) < 4.78 is 10.8. The van der Waals surface area contributed by atoms with Crippen molar-refractivity contribution in [1.29, 1.82) is 0 Å². The summed E-state index contributed by atoms with van der Waals surface area (Å²) in [6.07, 6.45) is 0.00741. The number of carbonyl (C=O) groups excluding carboxylic acids is 2. The van der Waals surface area contributed by atoms with E-state index in [1.165, 1.54) is 12.1 Å². The first-order valence-corrected chi connectivity index (χ1v) is 8.51. The molecule has 3 rings (SSSR count). The van der Waals surface area contributed by atoms with Crippen LogP contribution in [0.4, 0.5) is 11.4 Å². The van der Waals surface area contributed by atoms with Crippen LogP contribution in [0.15, 0.2) is 42.5 Å². The van der Waals surface area contributed by atoms with Crippen molar-refractivity contribution in [2.75, 3.05) is 25.1 Å². The molecule has 10 heteroatoms. The van der Waals surface area contributed by atoms with Gasteiger partial charge in [0.1, 0.15) is 18.9 Å². The van der Waals surface area contributed by atoms with Crippen LogP contribution in [0.1, 0.15) is 16.8 Å². The van der Waals surface area contributed by atoms with E-state index in [0.29, 0.717) is 36.0 Å². The number of hydrazine groups is 1. The zero-order valence-electron chi connectivity index (χ0n) is 14.8. The fourth-order valence-electron chi connectivity index (χ4n) is 2.54. The quantitative estimate of drug-likeness (QED) is 0.508. The minimum atomic E-state index is -0.504. The average Bonchev–Trinajstić information content (AvgIpc) is 2.72. The standard InChI is InChI=1S/C18H18N4O6/c23-17(7-8-19-13-3-1-2-4-14(13)22(25)26)20-21-18(24)12-5-6-15-16(11-12)28-10-9-27-15/h1-6,11,19H,7-10H2,(H,20,23)(H,21,24). The Labute approximate surface area is 159 Å². The molecule has 0 aliphatic carbocycles. The minimum absolute atomic E-state index is 0.00741. The molecular formula is C18H18N4O6. The summed E-state index contributed by atoms with van der Waals surface area (Å²) in [5.41, 5.74) is 5.17. The SMILES string of the molecule is O=C(CCNc1ccccc1[N+](=O)[O-])NNC(=O)c1ccc2c(c1)OCCO2. The van der Waals surface area contributed by atoms with Crippen LogP contribution in [-0.2, 0) is 4.79 Å². The molecule has 1 aliphatic heterocycles. The molecule has 0 saturated carbocycles. The lowest BCUT2D eigenvalue weighted by molar-refractivity contribution is -0.384. The highest BCUT2D eigenvalue weighted by atomic mass is 16.6. The van der Waals surface area contributed by atoms with Gasteiger partial charge in [0.05, 0.1) is 4.92 Å². The molecule has 0 atom stereocenters. The van der Waals surface area contributed by atoms with Crippen molar-refractivity contribution in [3.05, 3.63) is 58.1 Å². The average molecular weight is 386 g/mol. The molecular weight excluding hydrogens is 368 g/mol. The first-order valence-electron chi connectivity index (χ1n) is 8.51. The molecule has 3 N–H and O–H groups in total. The number of nitrogens with one attached hydrogen (secondary N) is 3. The molecule has 0 spiro atoms. The Kier molecular flexibility index (Phi) is 5.90. The van der Waals surface area contributed by atoms with E-state index in [1.54, 1.807) is 30.3 Å². The smallest absolute Gasteiger partial charge is 0.292 e. The number of carbonyl (C=O) groups is 2. The van der Waals surface area contributed by atoms with E-state index < -0.39 is 16.7 Å². The van der Waals surface area contributed by atoms with Crippen molar-refractivity contribution in [1.82, 2.24) is 10.9 Å². The molecule has 2 aromatic rings. The number of benzene rings is 2. The largest absolute Gasteiger partial charge is 0.486 e. The second-order valence-corrected chi connectivity index (χ2v) is 5.81. The first-order chi connectivity index (χ1) is 13.5. The molecule has 10 nitrogen and oxygen atoms in total. The number of nitro groups is 1. The van der Waals surface area contributed by atoms with Gasteiger partial charge in [-0.15, -0.1) is 0 Å². The van der Waals surface area contributed by atoms with Crippen molar-refractivity contribution in [2.45, 2.75) is 6.42 Å². The minimum Gasteiger partial charge on any atom is -0.486 e. The molecule has 2 amide bonds. The molecule has 2 aromatic carbocycles. The molecule has 1 aliphatic rings. The number of para-hydroxylation sites is 2. The van der Waals surface area contributed by atoms with Gasteiger partial charge in [-0.3, -0.25) is 30.6 Å². The highest BCUT2D eigenvalue weighted by Gasteiger charge is 2.16. The Morgan fingerprint density at radius 2 is 1.79 bits per heavy atom. The first kappa shape index (κ1) is 19.0. The maximum atomic E-state index is 12.1. The van der Waals surface area contributed by atoms with Gasteiger partial charge < -0.3 is 14.8 Å². The van der Waals surface area contributed by atoms with Crippen LogP contribution >= 0.6 is 0 Å². The van der Waals surface area contributed by atoms with E-state index >= 15 is 0 Å². The summed E-state index contributed by atoms with van der Waals surface area (Å²) >= 11 is 0. The molecule has 0 saturated heterocycles. The third-order valence-electron chi connectivity index (χ3n) is 3.89. The van der Waals surface area contributed by atoms with Crippen molar-refractivity contribution in [3.8, 4) is 11.5 Å². The van der Waals surface area contributed by atoms with Gasteiger partial charge in [-0.25, -0.2) is 0 Å². The summed E-state index contributed by atoms with van der Waals surface area (Å²) in [6.45, 7) is 1.02. The number of amides is 2. The molecule has 0 radical (unpaired) electrons. The highest BCUT2D eigenvalue weighted by molar-refractivity contribution is 5.96. The van der Waals surface area contributed by atoms with E-state index in [1.807, 2.05) is 0 Å². The van der Waals surface area contributed by atoms with Crippen molar-refractivity contribution >= 4 is 23.2 Å². The molecule has 0 unspecified atom stereocenters. The summed E-state index contributed by atoms with van der Waals surface area (Å²) in [5, 5.41) is 13.8. The third-order valence-corrected chi connectivity index (χ3v) is 3.89. The second kappa shape index (κ2) is 8.71. The van der Waals surface area contributed by atoms with Gasteiger partial charge in [0.25, 0.3) is 11.6 Å².